The number of likely N-dealkylation sites (tertiary alicyclic amines) is 1. The Morgan fingerprint density at radius 2 is 2.21 bits per heavy atom. The topological polar surface area (TPSA) is 40.5 Å². The third-order valence-electron chi connectivity index (χ3n) is 2.97. The second-order valence-electron chi connectivity index (χ2n) is 4.41. The van der Waals surface area contributed by atoms with Gasteiger partial charge in [0.2, 0.25) is 0 Å². The lowest BCUT2D eigenvalue weighted by Gasteiger charge is -2.30. The van der Waals surface area contributed by atoms with E-state index >= 15 is 0 Å². The molecule has 1 aliphatic heterocycles. The van der Waals surface area contributed by atoms with Crippen LogP contribution in [0.15, 0.2) is 11.6 Å². The molecule has 1 aliphatic rings. The Morgan fingerprint density at radius 3 is 2.71 bits per heavy atom. The van der Waals surface area contributed by atoms with Crippen molar-refractivity contribution in [3.05, 3.63) is 11.6 Å². The van der Waals surface area contributed by atoms with Crippen molar-refractivity contribution in [2.24, 2.45) is 0 Å². The van der Waals surface area contributed by atoms with E-state index in [1.807, 2.05) is 25.7 Å². The fourth-order valence-corrected chi connectivity index (χ4v) is 1.85. The van der Waals surface area contributed by atoms with Gasteiger partial charge in [-0.2, -0.15) is 0 Å². The van der Waals surface area contributed by atoms with Gasteiger partial charge in [0, 0.05) is 6.54 Å². The van der Waals surface area contributed by atoms with E-state index in [4.69, 9.17) is 5.11 Å². The molecule has 3 nitrogen and oxygen atoms in total. The zero-order chi connectivity index (χ0) is 10.8. The van der Waals surface area contributed by atoms with Gasteiger partial charge in [-0.3, -0.25) is 9.69 Å². The Labute approximate surface area is 85.4 Å². The fourth-order valence-electron chi connectivity index (χ4n) is 1.85. The number of carboxylic acids is 1. The molecule has 0 spiro atoms. The van der Waals surface area contributed by atoms with E-state index in [9.17, 15) is 4.79 Å². The molecule has 0 amide bonds. The number of nitrogens with zero attached hydrogens (tertiary/aromatic N) is 1. The van der Waals surface area contributed by atoms with E-state index in [0.717, 1.165) is 25.9 Å². The first-order valence-corrected chi connectivity index (χ1v) is 5.08. The molecule has 0 aliphatic carbocycles. The predicted molar refractivity (Wildman–Crippen MR) is 56.3 cm³/mol. The molecule has 1 rings (SSSR count). The zero-order valence-electron chi connectivity index (χ0n) is 9.21. The number of allylic oxidation sites excluding steroid dienone is 1. The van der Waals surface area contributed by atoms with Crippen LogP contribution in [0.3, 0.4) is 0 Å². The molecule has 1 fully saturated rings. The molecule has 1 saturated heterocycles. The summed E-state index contributed by atoms with van der Waals surface area (Å²) in [5, 5.41) is 9.15. The first-order chi connectivity index (χ1) is 6.47. The maximum absolute atomic E-state index is 11.1. The highest BCUT2D eigenvalue weighted by Crippen LogP contribution is 2.28. The normalized spacial score (nSPS) is 27.6. The number of aliphatic carboxylic acids is 1. The van der Waals surface area contributed by atoms with Gasteiger partial charge in [-0.15, -0.1) is 0 Å². The molecule has 0 saturated carbocycles. The number of hydrogen-bond donors (Lipinski definition) is 1. The van der Waals surface area contributed by atoms with Crippen LogP contribution in [0, 0.1) is 0 Å². The fraction of sp³-hybridized carbons (Fsp3) is 0.727. The SMILES string of the molecule is CC(C)=CCN1CCCC1(C)C(=O)O. The van der Waals surface area contributed by atoms with Gasteiger partial charge in [0.15, 0.2) is 0 Å². The Kier molecular flexibility index (Phi) is 3.32. The lowest BCUT2D eigenvalue weighted by atomic mass is 9.99. The number of rotatable bonds is 3. The Hall–Kier alpha value is -0.830. The van der Waals surface area contributed by atoms with Gasteiger partial charge in [-0.05, 0) is 40.2 Å². The summed E-state index contributed by atoms with van der Waals surface area (Å²) in [6, 6.07) is 0. The molecule has 1 heterocycles. The Balaban J connectivity index is 2.69. The molecule has 1 unspecified atom stereocenters. The van der Waals surface area contributed by atoms with E-state index in [1.165, 1.54) is 5.57 Å². The summed E-state index contributed by atoms with van der Waals surface area (Å²) in [6.45, 7) is 7.54. The van der Waals surface area contributed by atoms with Crippen LogP contribution in [0.5, 0.6) is 0 Å². The lowest BCUT2D eigenvalue weighted by molar-refractivity contribution is -0.148. The van der Waals surface area contributed by atoms with Crippen LogP contribution in [0.2, 0.25) is 0 Å². The molecule has 0 aromatic rings. The molecule has 14 heavy (non-hydrogen) atoms. The van der Waals surface area contributed by atoms with Gasteiger partial charge in [0.1, 0.15) is 5.54 Å². The van der Waals surface area contributed by atoms with Gasteiger partial charge >= 0.3 is 5.97 Å². The number of hydrogen-bond acceptors (Lipinski definition) is 2. The largest absolute Gasteiger partial charge is 0.480 e. The molecule has 1 atom stereocenters. The van der Waals surface area contributed by atoms with Crippen LogP contribution in [0.25, 0.3) is 0 Å². The number of carbonyl (C=O) groups is 1. The molecular formula is C11H19NO2. The van der Waals surface area contributed by atoms with Crippen LogP contribution in [-0.2, 0) is 4.79 Å². The summed E-state index contributed by atoms with van der Waals surface area (Å²) in [5.41, 5.74) is 0.594. The minimum Gasteiger partial charge on any atom is -0.480 e. The monoisotopic (exact) mass is 197 g/mol. The maximum Gasteiger partial charge on any atom is 0.323 e. The van der Waals surface area contributed by atoms with Gasteiger partial charge in [-0.25, -0.2) is 0 Å². The molecule has 0 aromatic carbocycles. The Morgan fingerprint density at radius 1 is 1.57 bits per heavy atom. The van der Waals surface area contributed by atoms with E-state index in [2.05, 4.69) is 6.08 Å². The van der Waals surface area contributed by atoms with Crippen molar-refractivity contribution in [1.82, 2.24) is 4.90 Å². The smallest absolute Gasteiger partial charge is 0.323 e. The average molecular weight is 197 g/mol. The lowest BCUT2D eigenvalue weighted by Crippen LogP contribution is -2.47. The van der Waals surface area contributed by atoms with Crippen molar-refractivity contribution in [1.29, 1.82) is 0 Å². The molecule has 1 N–H and O–H groups in total. The van der Waals surface area contributed by atoms with Crippen LogP contribution in [-0.4, -0.2) is 34.6 Å². The maximum atomic E-state index is 11.1. The van der Waals surface area contributed by atoms with Crippen molar-refractivity contribution in [2.75, 3.05) is 13.1 Å². The van der Waals surface area contributed by atoms with Gasteiger partial charge < -0.3 is 5.11 Å². The molecule has 3 heteroatoms. The van der Waals surface area contributed by atoms with E-state index in [-0.39, 0.29) is 0 Å². The summed E-state index contributed by atoms with van der Waals surface area (Å²) in [5.74, 6) is -0.697. The second-order valence-corrected chi connectivity index (χ2v) is 4.41. The third kappa shape index (κ3) is 2.15. The standard InChI is InChI=1S/C11H19NO2/c1-9(2)5-8-12-7-4-6-11(12,3)10(13)14/h5H,4,6-8H2,1-3H3,(H,13,14). The summed E-state index contributed by atoms with van der Waals surface area (Å²) in [7, 11) is 0. The first kappa shape index (κ1) is 11.2. The summed E-state index contributed by atoms with van der Waals surface area (Å²) < 4.78 is 0. The van der Waals surface area contributed by atoms with E-state index in [0.29, 0.717) is 0 Å². The zero-order valence-corrected chi connectivity index (χ0v) is 9.21. The summed E-state index contributed by atoms with van der Waals surface area (Å²) in [4.78, 5) is 13.2. The quantitative estimate of drug-likeness (QED) is 0.702. The highest BCUT2D eigenvalue weighted by molar-refractivity contribution is 5.78. The first-order valence-electron chi connectivity index (χ1n) is 5.08. The molecule has 0 radical (unpaired) electrons. The molecular weight excluding hydrogens is 178 g/mol. The molecule has 0 aromatic heterocycles. The van der Waals surface area contributed by atoms with Gasteiger partial charge in [0.05, 0.1) is 0 Å². The van der Waals surface area contributed by atoms with Crippen molar-refractivity contribution >= 4 is 5.97 Å². The summed E-state index contributed by atoms with van der Waals surface area (Å²) in [6.07, 6.45) is 3.84. The highest BCUT2D eigenvalue weighted by Gasteiger charge is 2.42. The van der Waals surface area contributed by atoms with Crippen LogP contribution in [0.1, 0.15) is 33.6 Å². The van der Waals surface area contributed by atoms with Crippen molar-refractivity contribution in [2.45, 2.75) is 39.2 Å². The van der Waals surface area contributed by atoms with Crippen LogP contribution < -0.4 is 0 Å². The average Bonchev–Trinajstić information content (AvgIpc) is 2.45. The Bertz CT molecular complexity index is 256. The van der Waals surface area contributed by atoms with Crippen LogP contribution >= 0.6 is 0 Å². The van der Waals surface area contributed by atoms with Gasteiger partial charge in [0.25, 0.3) is 0 Å². The van der Waals surface area contributed by atoms with E-state index in [1.54, 1.807) is 0 Å². The van der Waals surface area contributed by atoms with E-state index < -0.39 is 11.5 Å². The van der Waals surface area contributed by atoms with Crippen LogP contribution in [0.4, 0.5) is 0 Å². The molecule has 80 valence electrons. The van der Waals surface area contributed by atoms with Gasteiger partial charge in [-0.1, -0.05) is 11.6 Å². The van der Waals surface area contributed by atoms with Crippen molar-refractivity contribution < 1.29 is 9.90 Å². The molecule has 0 bridgehead atoms. The number of carboxylic acid groups (broad SMARTS) is 1. The van der Waals surface area contributed by atoms with Crippen molar-refractivity contribution in [3.63, 3.8) is 0 Å². The minimum atomic E-state index is -0.697. The van der Waals surface area contributed by atoms with Crippen molar-refractivity contribution in [3.8, 4) is 0 Å². The predicted octanol–water partition coefficient (Wildman–Crippen LogP) is 1.89. The minimum absolute atomic E-state index is 0.647. The third-order valence-corrected chi connectivity index (χ3v) is 2.97. The highest BCUT2D eigenvalue weighted by atomic mass is 16.4. The second kappa shape index (κ2) is 4.13. The summed E-state index contributed by atoms with van der Waals surface area (Å²) >= 11 is 0.